The third kappa shape index (κ3) is 3.81. The molecular weight excluding hydrogens is 258 g/mol. The third-order valence-electron chi connectivity index (χ3n) is 3.31. The van der Waals surface area contributed by atoms with E-state index in [0.717, 1.165) is 12.0 Å². The second kappa shape index (κ2) is 7.05. The summed E-state index contributed by atoms with van der Waals surface area (Å²) >= 11 is 0. The SMILES string of the molecule is COC(=O)C(Cc1ccccc1)NC(=O)[C@@H]1CCCO1. The van der Waals surface area contributed by atoms with Gasteiger partial charge < -0.3 is 14.8 Å². The number of ether oxygens (including phenoxy) is 2. The smallest absolute Gasteiger partial charge is 0.328 e. The summed E-state index contributed by atoms with van der Waals surface area (Å²) in [6.45, 7) is 0.597. The van der Waals surface area contributed by atoms with Crippen molar-refractivity contribution in [3.63, 3.8) is 0 Å². The number of methoxy groups -OCH3 is 1. The first-order valence-corrected chi connectivity index (χ1v) is 6.74. The average molecular weight is 277 g/mol. The predicted molar refractivity (Wildman–Crippen MR) is 73.1 cm³/mol. The number of benzene rings is 1. The van der Waals surface area contributed by atoms with E-state index >= 15 is 0 Å². The number of rotatable bonds is 5. The lowest BCUT2D eigenvalue weighted by atomic mass is 10.1. The van der Waals surface area contributed by atoms with Crippen molar-refractivity contribution in [1.29, 1.82) is 0 Å². The van der Waals surface area contributed by atoms with Gasteiger partial charge in [0.25, 0.3) is 0 Å². The minimum atomic E-state index is -0.681. The Morgan fingerprint density at radius 2 is 2.15 bits per heavy atom. The van der Waals surface area contributed by atoms with Gasteiger partial charge in [-0.25, -0.2) is 4.79 Å². The maximum atomic E-state index is 12.0. The highest BCUT2D eigenvalue weighted by Crippen LogP contribution is 2.13. The molecule has 1 aromatic rings. The Labute approximate surface area is 118 Å². The number of carbonyl (C=O) groups is 2. The summed E-state index contributed by atoms with van der Waals surface area (Å²) < 4.78 is 10.1. The molecule has 2 atom stereocenters. The molecule has 20 heavy (non-hydrogen) atoms. The molecule has 1 fully saturated rings. The van der Waals surface area contributed by atoms with Gasteiger partial charge in [0, 0.05) is 13.0 Å². The fourth-order valence-corrected chi connectivity index (χ4v) is 2.23. The molecule has 0 saturated carbocycles. The lowest BCUT2D eigenvalue weighted by Gasteiger charge is -2.18. The predicted octanol–water partition coefficient (Wildman–Crippen LogP) is 1.07. The number of nitrogens with one attached hydrogen (secondary N) is 1. The molecule has 1 N–H and O–H groups in total. The van der Waals surface area contributed by atoms with Crippen molar-refractivity contribution in [2.45, 2.75) is 31.4 Å². The second-order valence-corrected chi connectivity index (χ2v) is 4.78. The fraction of sp³-hybridized carbons (Fsp3) is 0.467. The summed E-state index contributed by atoms with van der Waals surface area (Å²) in [5.74, 6) is -0.686. The molecule has 0 bridgehead atoms. The molecule has 0 spiro atoms. The van der Waals surface area contributed by atoms with Gasteiger partial charge >= 0.3 is 5.97 Å². The van der Waals surface area contributed by atoms with Crippen LogP contribution in [0.2, 0.25) is 0 Å². The van der Waals surface area contributed by atoms with Crippen LogP contribution in [0, 0.1) is 0 Å². The molecule has 1 amide bonds. The van der Waals surface area contributed by atoms with E-state index in [-0.39, 0.29) is 5.91 Å². The van der Waals surface area contributed by atoms with Gasteiger partial charge in [-0.05, 0) is 18.4 Å². The van der Waals surface area contributed by atoms with Crippen LogP contribution >= 0.6 is 0 Å². The molecule has 1 saturated heterocycles. The van der Waals surface area contributed by atoms with Crippen molar-refractivity contribution < 1.29 is 19.1 Å². The highest BCUT2D eigenvalue weighted by atomic mass is 16.5. The van der Waals surface area contributed by atoms with Gasteiger partial charge in [-0.3, -0.25) is 4.79 Å². The third-order valence-corrected chi connectivity index (χ3v) is 3.31. The van der Waals surface area contributed by atoms with Crippen molar-refractivity contribution in [3.8, 4) is 0 Å². The Bertz CT molecular complexity index is 454. The summed E-state index contributed by atoms with van der Waals surface area (Å²) in [6, 6.07) is 8.83. The van der Waals surface area contributed by atoms with Crippen LogP contribution in [-0.4, -0.2) is 37.7 Å². The quantitative estimate of drug-likeness (QED) is 0.818. The van der Waals surface area contributed by atoms with Crippen LogP contribution in [0.3, 0.4) is 0 Å². The molecule has 0 radical (unpaired) electrons. The highest BCUT2D eigenvalue weighted by molar-refractivity contribution is 5.87. The maximum Gasteiger partial charge on any atom is 0.328 e. The van der Waals surface area contributed by atoms with Crippen molar-refractivity contribution in [1.82, 2.24) is 5.32 Å². The first-order valence-electron chi connectivity index (χ1n) is 6.74. The van der Waals surface area contributed by atoms with Gasteiger partial charge in [-0.15, -0.1) is 0 Å². The second-order valence-electron chi connectivity index (χ2n) is 4.78. The zero-order valence-electron chi connectivity index (χ0n) is 11.5. The van der Waals surface area contributed by atoms with Gasteiger partial charge in [0.2, 0.25) is 5.91 Å². The lowest BCUT2D eigenvalue weighted by Crippen LogP contribution is -2.47. The minimum Gasteiger partial charge on any atom is -0.467 e. The molecule has 0 aliphatic carbocycles. The minimum absolute atomic E-state index is 0.242. The molecule has 0 aromatic heterocycles. The summed E-state index contributed by atoms with van der Waals surface area (Å²) in [5, 5.41) is 2.72. The van der Waals surface area contributed by atoms with Crippen LogP contribution in [0.25, 0.3) is 0 Å². The van der Waals surface area contributed by atoms with E-state index in [0.29, 0.717) is 19.4 Å². The molecular formula is C15H19NO4. The average Bonchev–Trinajstić information content (AvgIpc) is 3.01. The first-order chi connectivity index (χ1) is 9.70. The van der Waals surface area contributed by atoms with Gasteiger partial charge in [0.15, 0.2) is 0 Å². The Morgan fingerprint density at radius 1 is 1.40 bits per heavy atom. The molecule has 108 valence electrons. The van der Waals surface area contributed by atoms with E-state index in [1.807, 2.05) is 30.3 Å². The number of amides is 1. The highest BCUT2D eigenvalue weighted by Gasteiger charge is 2.28. The van der Waals surface area contributed by atoms with Crippen molar-refractivity contribution >= 4 is 11.9 Å². The van der Waals surface area contributed by atoms with Crippen molar-refractivity contribution in [3.05, 3.63) is 35.9 Å². The standard InChI is InChI=1S/C15H19NO4/c1-19-15(18)12(10-11-6-3-2-4-7-11)16-14(17)13-8-5-9-20-13/h2-4,6-7,12-13H,5,8-10H2,1H3,(H,16,17)/t12?,13-/m0/s1. The number of hydrogen-bond donors (Lipinski definition) is 1. The van der Waals surface area contributed by atoms with E-state index in [1.54, 1.807) is 0 Å². The van der Waals surface area contributed by atoms with Crippen LogP contribution in [0.15, 0.2) is 30.3 Å². The summed E-state index contributed by atoms with van der Waals surface area (Å²) in [7, 11) is 1.32. The molecule has 1 unspecified atom stereocenters. The fourth-order valence-electron chi connectivity index (χ4n) is 2.23. The summed E-state index contributed by atoms with van der Waals surface area (Å²) in [6.07, 6.45) is 1.54. The number of hydrogen-bond acceptors (Lipinski definition) is 4. The molecule has 5 heteroatoms. The van der Waals surface area contributed by atoms with Gasteiger partial charge in [-0.1, -0.05) is 30.3 Å². The van der Waals surface area contributed by atoms with E-state index in [9.17, 15) is 9.59 Å². The van der Waals surface area contributed by atoms with Gasteiger partial charge in [0.1, 0.15) is 12.1 Å². The monoisotopic (exact) mass is 277 g/mol. The Hall–Kier alpha value is -1.88. The first kappa shape index (κ1) is 14.5. The van der Waals surface area contributed by atoms with Crippen LogP contribution in [-0.2, 0) is 25.5 Å². The van der Waals surface area contributed by atoms with Crippen LogP contribution < -0.4 is 5.32 Å². The van der Waals surface area contributed by atoms with E-state index in [2.05, 4.69) is 5.32 Å². The lowest BCUT2D eigenvalue weighted by molar-refractivity contribution is -0.146. The summed E-state index contributed by atoms with van der Waals surface area (Å²) in [5.41, 5.74) is 0.968. The van der Waals surface area contributed by atoms with Crippen LogP contribution in [0.5, 0.6) is 0 Å². The maximum absolute atomic E-state index is 12.0. The van der Waals surface area contributed by atoms with Crippen molar-refractivity contribution in [2.75, 3.05) is 13.7 Å². The molecule has 2 rings (SSSR count). The summed E-state index contributed by atoms with van der Waals surface area (Å²) in [4.78, 5) is 23.8. The number of carbonyl (C=O) groups excluding carboxylic acids is 2. The Kier molecular flexibility index (Phi) is 5.12. The molecule has 1 aliphatic heterocycles. The van der Waals surface area contributed by atoms with Crippen LogP contribution in [0.4, 0.5) is 0 Å². The largest absolute Gasteiger partial charge is 0.467 e. The van der Waals surface area contributed by atoms with E-state index in [1.165, 1.54) is 7.11 Å². The van der Waals surface area contributed by atoms with E-state index < -0.39 is 18.1 Å². The van der Waals surface area contributed by atoms with Gasteiger partial charge in [-0.2, -0.15) is 0 Å². The normalized spacial score (nSPS) is 19.4. The molecule has 1 aliphatic rings. The molecule has 5 nitrogen and oxygen atoms in total. The zero-order chi connectivity index (χ0) is 14.4. The van der Waals surface area contributed by atoms with Crippen LogP contribution in [0.1, 0.15) is 18.4 Å². The molecule has 1 heterocycles. The van der Waals surface area contributed by atoms with Crippen molar-refractivity contribution in [2.24, 2.45) is 0 Å². The Morgan fingerprint density at radius 3 is 2.75 bits per heavy atom. The topological polar surface area (TPSA) is 64.6 Å². The van der Waals surface area contributed by atoms with Gasteiger partial charge in [0.05, 0.1) is 7.11 Å². The Balaban J connectivity index is 2.00. The van der Waals surface area contributed by atoms with E-state index in [4.69, 9.17) is 9.47 Å². The molecule has 1 aromatic carbocycles. The zero-order valence-corrected chi connectivity index (χ0v) is 11.5. The number of esters is 1.